The Morgan fingerprint density at radius 3 is 2.00 bits per heavy atom. The lowest BCUT2D eigenvalue weighted by molar-refractivity contribution is -0.144. The number of carbonyl (C=O) groups excluding carboxylic acids is 1. The Hall–Kier alpha value is -1.58. The summed E-state index contributed by atoms with van der Waals surface area (Å²) >= 11 is 0. The monoisotopic (exact) mass is 394 g/mol. The van der Waals surface area contributed by atoms with E-state index in [1.54, 1.807) is 13.0 Å². The molecule has 1 N–H and O–H groups in total. The molecule has 0 radical (unpaired) electrons. The van der Waals surface area contributed by atoms with E-state index in [0.717, 1.165) is 23.8 Å². The van der Waals surface area contributed by atoms with Gasteiger partial charge < -0.3 is 9.84 Å². The van der Waals surface area contributed by atoms with Crippen molar-refractivity contribution in [2.75, 3.05) is 7.11 Å². The van der Waals surface area contributed by atoms with Crippen LogP contribution in [0.15, 0.2) is 23.3 Å². The summed E-state index contributed by atoms with van der Waals surface area (Å²) in [5.74, 6) is 0.709. The van der Waals surface area contributed by atoms with Crippen LogP contribution in [0.25, 0.3) is 0 Å². The van der Waals surface area contributed by atoms with Crippen molar-refractivity contribution in [2.45, 2.75) is 80.6 Å². The second-order valence-electron chi connectivity index (χ2n) is 8.92. The number of esters is 1. The van der Waals surface area contributed by atoms with Gasteiger partial charge in [-0.15, -0.1) is 0 Å². The fraction of sp³-hybridized carbons (Fsp3) is 0.750. The van der Waals surface area contributed by atoms with Crippen molar-refractivity contribution in [3.63, 3.8) is 0 Å². The van der Waals surface area contributed by atoms with Crippen LogP contribution in [0.3, 0.4) is 0 Å². The number of hydrogen-bond acceptors (Lipinski definition) is 3. The molecule has 5 atom stereocenters. The standard InChI is InChI=1S/C24H42O4/c1-9-16(2)10-17(3)11-18(4)12-19(5)13-20(6)14-22(23(25)26)15-21(7)24(27)28-8/h13-14,16-19,21H,9-12,15H2,1-8H3,(H,25,26)/b20-13+,22-14-. The van der Waals surface area contributed by atoms with Crippen LogP contribution in [0.4, 0.5) is 0 Å². The highest BCUT2D eigenvalue weighted by Crippen LogP contribution is 2.26. The lowest BCUT2D eigenvalue weighted by atomic mass is 9.84. The highest BCUT2D eigenvalue weighted by atomic mass is 16.5. The third-order valence-electron chi connectivity index (χ3n) is 5.43. The fourth-order valence-electron chi connectivity index (χ4n) is 4.03. The van der Waals surface area contributed by atoms with Gasteiger partial charge in [-0.1, -0.05) is 59.6 Å². The van der Waals surface area contributed by atoms with Gasteiger partial charge in [0.05, 0.1) is 13.0 Å². The van der Waals surface area contributed by atoms with Gasteiger partial charge in [0.25, 0.3) is 0 Å². The molecule has 0 heterocycles. The Morgan fingerprint density at radius 2 is 1.50 bits per heavy atom. The summed E-state index contributed by atoms with van der Waals surface area (Å²) in [6, 6.07) is 0. The zero-order valence-electron chi connectivity index (χ0n) is 19.2. The lowest BCUT2D eigenvalue weighted by Gasteiger charge is -2.21. The SMILES string of the molecule is CCC(C)CC(C)CC(C)CC(C)/C=C(C)/C=C(/CC(C)C(=O)OC)C(=O)O. The molecule has 0 bridgehead atoms. The number of carboxylic acid groups (broad SMARTS) is 1. The Bertz CT molecular complexity index is 547. The summed E-state index contributed by atoms with van der Waals surface area (Å²) in [6.07, 6.45) is 8.85. The van der Waals surface area contributed by atoms with Crippen LogP contribution in [0, 0.1) is 29.6 Å². The Balaban J connectivity index is 4.85. The molecule has 0 aliphatic rings. The first-order valence-electron chi connectivity index (χ1n) is 10.7. The van der Waals surface area contributed by atoms with Crippen molar-refractivity contribution < 1.29 is 19.4 Å². The molecule has 0 aliphatic heterocycles. The van der Waals surface area contributed by atoms with Gasteiger partial charge in [0.1, 0.15) is 0 Å². The maximum atomic E-state index is 11.6. The Kier molecular flexibility index (Phi) is 12.8. The molecule has 0 saturated heterocycles. The molecule has 0 amide bonds. The first-order valence-corrected chi connectivity index (χ1v) is 10.7. The molecule has 0 spiro atoms. The van der Waals surface area contributed by atoms with Crippen LogP contribution in [0.2, 0.25) is 0 Å². The van der Waals surface area contributed by atoms with Gasteiger partial charge in [-0.2, -0.15) is 0 Å². The van der Waals surface area contributed by atoms with Gasteiger partial charge in [0.15, 0.2) is 0 Å². The summed E-state index contributed by atoms with van der Waals surface area (Å²) in [4.78, 5) is 23.1. The van der Waals surface area contributed by atoms with E-state index in [0.29, 0.717) is 11.8 Å². The Morgan fingerprint density at radius 1 is 0.964 bits per heavy atom. The summed E-state index contributed by atoms with van der Waals surface area (Å²) < 4.78 is 4.69. The van der Waals surface area contributed by atoms with Crippen LogP contribution in [-0.4, -0.2) is 24.2 Å². The van der Waals surface area contributed by atoms with Crippen LogP contribution in [-0.2, 0) is 14.3 Å². The summed E-state index contributed by atoms with van der Waals surface area (Å²) in [5, 5.41) is 9.45. The summed E-state index contributed by atoms with van der Waals surface area (Å²) in [5.41, 5.74) is 1.18. The molecule has 0 aromatic carbocycles. The third kappa shape index (κ3) is 11.3. The Labute approximate surface area is 172 Å². The smallest absolute Gasteiger partial charge is 0.331 e. The van der Waals surface area contributed by atoms with E-state index in [-0.39, 0.29) is 18.0 Å². The van der Waals surface area contributed by atoms with E-state index in [1.165, 1.54) is 26.4 Å². The molecule has 0 rings (SSSR count). The molecule has 0 aromatic rings. The maximum absolute atomic E-state index is 11.6. The van der Waals surface area contributed by atoms with E-state index < -0.39 is 11.9 Å². The zero-order chi connectivity index (χ0) is 21.9. The molecule has 162 valence electrons. The fourth-order valence-corrected chi connectivity index (χ4v) is 4.03. The van der Waals surface area contributed by atoms with E-state index in [1.807, 2.05) is 6.92 Å². The quantitative estimate of drug-likeness (QED) is 0.227. The second kappa shape index (κ2) is 13.6. The number of carboxylic acids is 1. The van der Waals surface area contributed by atoms with Crippen molar-refractivity contribution >= 4 is 11.9 Å². The van der Waals surface area contributed by atoms with Crippen molar-refractivity contribution in [3.8, 4) is 0 Å². The second-order valence-corrected chi connectivity index (χ2v) is 8.92. The van der Waals surface area contributed by atoms with E-state index in [2.05, 4.69) is 40.7 Å². The molecular formula is C24H42O4. The van der Waals surface area contributed by atoms with Crippen molar-refractivity contribution in [1.82, 2.24) is 0 Å². The first-order chi connectivity index (χ1) is 13.0. The molecule has 0 aromatic heterocycles. The van der Waals surface area contributed by atoms with Crippen LogP contribution < -0.4 is 0 Å². The number of aliphatic carboxylic acids is 1. The minimum Gasteiger partial charge on any atom is -0.478 e. The van der Waals surface area contributed by atoms with E-state index in [9.17, 15) is 14.7 Å². The molecule has 4 nitrogen and oxygen atoms in total. The van der Waals surface area contributed by atoms with Crippen molar-refractivity contribution in [3.05, 3.63) is 23.3 Å². The number of methoxy groups -OCH3 is 1. The maximum Gasteiger partial charge on any atom is 0.331 e. The molecule has 5 unspecified atom stereocenters. The average molecular weight is 395 g/mol. The van der Waals surface area contributed by atoms with Crippen LogP contribution in [0.1, 0.15) is 80.6 Å². The average Bonchev–Trinajstić information content (AvgIpc) is 2.59. The lowest BCUT2D eigenvalue weighted by Crippen LogP contribution is -2.16. The highest BCUT2D eigenvalue weighted by Gasteiger charge is 2.19. The third-order valence-corrected chi connectivity index (χ3v) is 5.43. The largest absolute Gasteiger partial charge is 0.478 e. The van der Waals surface area contributed by atoms with Gasteiger partial charge in [-0.05, 0) is 62.4 Å². The van der Waals surface area contributed by atoms with Gasteiger partial charge in [0.2, 0.25) is 0 Å². The minimum atomic E-state index is -0.983. The molecular weight excluding hydrogens is 352 g/mol. The highest BCUT2D eigenvalue weighted by molar-refractivity contribution is 5.88. The minimum absolute atomic E-state index is 0.172. The molecule has 0 fully saturated rings. The number of carbonyl (C=O) groups is 2. The van der Waals surface area contributed by atoms with Gasteiger partial charge in [-0.25, -0.2) is 4.79 Å². The van der Waals surface area contributed by atoms with Crippen molar-refractivity contribution in [1.29, 1.82) is 0 Å². The molecule has 28 heavy (non-hydrogen) atoms. The summed E-state index contributed by atoms with van der Waals surface area (Å²) in [7, 11) is 1.32. The van der Waals surface area contributed by atoms with Crippen molar-refractivity contribution in [2.24, 2.45) is 29.6 Å². The predicted octanol–water partition coefficient (Wildman–Crippen LogP) is 6.27. The molecule has 4 heteroatoms. The van der Waals surface area contributed by atoms with Crippen LogP contribution in [0.5, 0.6) is 0 Å². The molecule has 0 saturated carbocycles. The van der Waals surface area contributed by atoms with Gasteiger partial charge in [0, 0.05) is 5.57 Å². The topological polar surface area (TPSA) is 63.6 Å². The number of rotatable bonds is 13. The first kappa shape index (κ1) is 26.4. The van der Waals surface area contributed by atoms with E-state index >= 15 is 0 Å². The number of allylic oxidation sites excluding steroid dienone is 3. The number of hydrogen-bond donors (Lipinski definition) is 1. The molecule has 0 aliphatic carbocycles. The summed E-state index contributed by atoms with van der Waals surface area (Å²) in [6.45, 7) is 15.0. The number of ether oxygens (including phenoxy) is 1. The predicted molar refractivity (Wildman–Crippen MR) is 116 cm³/mol. The zero-order valence-corrected chi connectivity index (χ0v) is 19.2. The van der Waals surface area contributed by atoms with Gasteiger partial charge >= 0.3 is 11.9 Å². The van der Waals surface area contributed by atoms with Gasteiger partial charge in [-0.3, -0.25) is 4.79 Å². The normalized spacial score (nSPS) is 18.1. The van der Waals surface area contributed by atoms with E-state index in [4.69, 9.17) is 4.74 Å². The van der Waals surface area contributed by atoms with Crippen LogP contribution >= 0.6 is 0 Å².